The summed E-state index contributed by atoms with van der Waals surface area (Å²) in [6.45, 7) is 5.86. The Morgan fingerprint density at radius 1 is 1.13 bits per heavy atom. The van der Waals surface area contributed by atoms with Gasteiger partial charge in [0.05, 0.1) is 18.5 Å². The Balaban J connectivity index is 1.66. The number of thioether (sulfide) groups is 1. The molecule has 31 heavy (non-hydrogen) atoms. The number of hydrogen-bond acceptors (Lipinski definition) is 7. The van der Waals surface area contributed by atoms with Gasteiger partial charge in [0.2, 0.25) is 0 Å². The number of hydrogen-bond donors (Lipinski definition) is 0. The Kier molecular flexibility index (Phi) is 6.50. The average molecular weight is 439 g/mol. The third-order valence-corrected chi connectivity index (χ3v) is 6.21. The minimum absolute atomic E-state index is 0.0669. The highest BCUT2D eigenvalue weighted by molar-refractivity contribution is 7.98. The van der Waals surface area contributed by atoms with E-state index in [1.807, 2.05) is 29.2 Å². The fraction of sp³-hybridized carbons (Fsp3) is 0.409. The molecule has 0 aliphatic carbocycles. The number of ether oxygens (including phenoxy) is 1. The Hall–Kier alpha value is -2.94. The highest BCUT2D eigenvalue weighted by Gasteiger charge is 2.30. The minimum Gasteiger partial charge on any atom is -0.497 e. The Morgan fingerprint density at radius 2 is 1.81 bits per heavy atom. The van der Waals surface area contributed by atoms with Crippen molar-refractivity contribution in [2.45, 2.75) is 31.2 Å². The summed E-state index contributed by atoms with van der Waals surface area (Å²) < 4.78 is 6.98. The van der Waals surface area contributed by atoms with Gasteiger partial charge in [0, 0.05) is 31.2 Å². The third kappa shape index (κ3) is 4.87. The maximum atomic E-state index is 13.4. The molecular weight excluding hydrogens is 412 g/mol. The van der Waals surface area contributed by atoms with Crippen molar-refractivity contribution >= 4 is 17.7 Å². The Bertz CT molecular complexity index is 1010. The van der Waals surface area contributed by atoms with Crippen LogP contribution >= 0.6 is 11.8 Å². The van der Waals surface area contributed by atoms with Crippen LogP contribution in [0, 0.1) is 11.8 Å². The van der Waals surface area contributed by atoms with E-state index in [0.717, 1.165) is 36.6 Å². The summed E-state index contributed by atoms with van der Waals surface area (Å²) in [5, 5.41) is 9.28. The summed E-state index contributed by atoms with van der Waals surface area (Å²) in [5.41, 5.74) is 1.94. The zero-order chi connectivity index (χ0) is 21.8. The number of rotatable bonds is 6. The van der Waals surface area contributed by atoms with E-state index in [-0.39, 0.29) is 5.91 Å². The lowest BCUT2D eigenvalue weighted by Crippen LogP contribution is -2.43. The van der Waals surface area contributed by atoms with Crippen LogP contribution in [-0.2, 0) is 5.75 Å². The molecule has 1 fully saturated rings. The zero-order valence-corrected chi connectivity index (χ0v) is 18.7. The number of carbonyl (C=O) groups is 1. The van der Waals surface area contributed by atoms with Crippen molar-refractivity contribution in [3.63, 3.8) is 0 Å². The van der Waals surface area contributed by atoms with E-state index >= 15 is 0 Å². The number of amides is 1. The van der Waals surface area contributed by atoms with E-state index in [2.05, 4.69) is 34.1 Å². The molecular formula is C22H26N6O2S. The lowest BCUT2D eigenvalue weighted by atomic mass is 9.91. The number of likely N-dealkylation sites (tertiary alicyclic amines) is 1. The summed E-state index contributed by atoms with van der Waals surface area (Å²) >= 11 is 1.46. The molecule has 1 aliphatic rings. The Morgan fingerprint density at radius 3 is 2.45 bits per heavy atom. The molecule has 0 spiro atoms. The first kappa shape index (κ1) is 21.3. The predicted molar refractivity (Wildman–Crippen MR) is 118 cm³/mol. The molecule has 8 nitrogen and oxygen atoms in total. The molecule has 1 amide bonds. The second kappa shape index (κ2) is 9.47. The van der Waals surface area contributed by atoms with Crippen LogP contribution in [0.4, 0.5) is 0 Å². The fourth-order valence-electron chi connectivity index (χ4n) is 4.00. The first-order valence-corrected chi connectivity index (χ1v) is 11.3. The van der Waals surface area contributed by atoms with Crippen molar-refractivity contribution in [3.8, 4) is 11.4 Å². The van der Waals surface area contributed by atoms with Gasteiger partial charge in [-0.2, -0.15) is 0 Å². The Labute approximate surface area is 186 Å². The number of benzene rings is 1. The molecule has 2 unspecified atom stereocenters. The fourth-order valence-corrected chi connectivity index (χ4v) is 4.80. The molecule has 9 heteroatoms. The van der Waals surface area contributed by atoms with E-state index < -0.39 is 0 Å². The van der Waals surface area contributed by atoms with Gasteiger partial charge in [-0.15, -0.1) is 5.10 Å². The van der Waals surface area contributed by atoms with Gasteiger partial charge in [-0.1, -0.05) is 30.8 Å². The van der Waals surface area contributed by atoms with E-state index in [4.69, 9.17) is 4.74 Å². The lowest BCUT2D eigenvalue weighted by Gasteiger charge is -2.34. The van der Waals surface area contributed by atoms with E-state index in [9.17, 15) is 4.79 Å². The van der Waals surface area contributed by atoms with Crippen molar-refractivity contribution < 1.29 is 9.53 Å². The number of carbonyl (C=O) groups excluding carboxylic acids is 1. The van der Waals surface area contributed by atoms with Crippen molar-refractivity contribution in [3.05, 3.63) is 54.1 Å². The molecule has 0 radical (unpaired) electrons. The third-order valence-electron chi connectivity index (χ3n) is 5.32. The van der Waals surface area contributed by atoms with Crippen LogP contribution in [0.5, 0.6) is 5.75 Å². The van der Waals surface area contributed by atoms with Gasteiger partial charge in [-0.05, 0) is 48.6 Å². The smallest absolute Gasteiger partial charge is 0.276 e. The maximum Gasteiger partial charge on any atom is 0.276 e. The number of methoxy groups -OCH3 is 1. The summed E-state index contributed by atoms with van der Waals surface area (Å²) in [5.74, 6) is 2.11. The van der Waals surface area contributed by atoms with Crippen LogP contribution < -0.4 is 4.74 Å². The number of nitrogens with zero attached hydrogens (tertiary/aromatic N) is 6. The van der Waals surface area contributed by atoms with Crippen molar-refractivity contribution in [1.82, 2.24) is 29.9 Å². The van der Waals surface area contributed by atoms with E-state index in [1.54, 1.807) is 30.3 Å². The first-order valence-electron chi connectivity index (χ1n) is 10.3. The van der Waals surface area contributed by atoms with Crippen LogP contribution in [0.25, 0.3) is 5.69 Å². The minimum atomic E-state index is -0.0669. The van der Waals surface area contributed by atoms with Crippen LogP contribution in [0.1, 0.15) is 36.5 Å². The molecule has 2 aromatic heterocycles. The molecule has 3 heterocycles. The van der Waals surface area contributed by atoms with Crippen molar-refractivity contribution in [2.75, 3.05) is 20.2 Å². The van der Waals surface area contributed by atoms with Gasteiger partial charge in [0.1, 0.15) is 5.75 Å². The molecule has 0 bridgehead atoms. The quantitative estimate of drug-likeness (QED) is 0.430. The predicted octanol–water partition coefficient (Wildman–Crippen LogP) is 3.48. The normalized spacial score (nSPS) is 18.7. The molecule has 0 N–H and O–H groups in total. The summed E-state index contributed by atoms with van der Waals surface area (Å²) in [7, 11) is 1.63. The first-order chi connectivity index (χ1) is 15.0. The molecule has 1 saturated heterocycles. The summed E-state index contributed by atoms with van der Waals surface area (Å²) in [6.07, 6.45) is 4.55. The zero-order valence-electron chi connectivity index (χ0n) is 17.9. The molecule has 1 aliphatic heterocycles. The number of piperidine rings is 1. The molecule has 3 aromatic rings. The highest BCUT2D eigenvalue weighted by atomic mass is 32.2. The van der Waals surface area contributed by atoms with Gasteiger partial charge in [0.25, 0.3) is 5.91 Å². The van der Waals surface area contributed by atoms with Crippen molar-refractivity contribution in [2.24, 2.45) is 11.8 Å². The number of aromatic nitrogens is 5. The summed E-state index contributed by atoms with van der Waals surface area (Å²) in [6, 6.07) is 9.31. The molecule has 0 saturated carbocycles. The average Bonchev–Trinajstić information content (AvgIpc) is 3.21. The molecule has 2 atom stereocenters. The van der Waals surface area contributed by atoms with Gasteiger partial charge < -0.3 is 9.64 Å². The second-order valence-electron chi connectivity index (χ2n) is 7.97. The van der Waals surface area contributed by atoms with Gasteiger partial charge in [-0.25, -0.2) is 14.6 Å². The standard InChI is InChI=1S/C22H26N6O2S/c1-15-11-16(2)13-27(12-15)21(29)20-19(14-31-22-23-9-4-10-24-22)28(26-25-20)17-5-7-18(30-3)8-6-17/h4-10,15-16H,11-14H2,1-3H3. The van der Waals surface area contributed by atoms with Crippen LogP contribution in [0.2, 0.25) is 0 Å². The summed E-state index contributed by atoms with van der Waals surface area (Å²) in [4.78, 5) is 23.9. The monoisotopic (exact) mass is 438 g/mol. The molecule has 1 aromatic carbocycles. The lowest BCUT2D eigenvalue weighted by molar-refractivity contribution is 0.0616. The molecule has 162 valence electrons. The highest BCUT2D eigenvalue weighted by Crippen LogP contribution is 2.27. The molecule has 4 rings (SSSR count). The largest absolute Gasteiger partial charge is 0.497 e. The van der Waals surface area contributed by atoms with Crippen LogP contribution in [0.3, 0.4) is 0 Å². The SMILES string of the molecule is COc1ccc(-n2nnc(C(=O)N3CC(C)CC(C)C3)c2CSc2ncccn2)cc1. The van der Waals surface area contributed by atoms with E-state index in [0.29, 0.717) is 28.4 Å². The van der Waals surface area contributed by atoms with Crippen LogP contribution in [0.15, 0.2) is 47.9 Å². The van der Waals surface area contributed by atoms with Gasteiger partial charge in [-0.3, -0.25) is 4.79 Å². The van der Waals surface area contributed by atoms with Crippen molar-refractivity contribution in [1.29, 1.82) is 0 Å². The maximum absolute atomic E-state index is 13.4. The topological polar surface area (TPSA) is 86.0 Å². The van der Waals surface area contributed by atoms with Gasteiger partial charge in [0.15, 0.2) is 10.9 Å². The van der Waals surface area contributed by atoms with Gasteiger partial charge >= 0.3 is 0 Å². The van der Waals surface area contributed by atoms with E-state index in [1.165, 1.54) is 11.8 Å². The van der Waals surface area contributed by atoms with Crippen LogP contribution in [-0.4, -0.2) is 56.0 Å². The second-order valence-corrected chi connectivity index (χ2v) is 8.91.